The third kappa shape index (κ3) is 3.69. The minimum Gasteiger partial charge on any atom is -0.299 e. The van der Waals surface area contributed by atoms with Crippen LogP contribution in [0.1, 0.15) is 19.3 Å². The Kier molecular flexibility index (Phi) is 5.07. The van der Waals surface area contributed by atoms with Gasteiger partial charge in [0, 0.05) is 36.7 Å². The van der Waals surface area contributed by atoms with Crippen LogP contribution in [0.3, 0.4) is 0 Å². The molecule has 2 aliphatic heterocycles. The third-order valence-corrected chi connectivity index (χ3v) is 4.95. The Hall–Kier alpha value is 0.360. The van der Waals surface area contributed by atoms with Crippen molar-refractivity contribution in [3.8, 4) is 0 Å². The van der Waals surface area contributed by atoms with Crippen LogP contribution in [-0.2, 0) is 0 Å². The highest BCUT2D eigenvalue weighted by molar-refractivity contribution is 7.97. The van der Waals surface area contributed by atoms with Crippen molar-refractivity contribution in [1.82, 2.24) is 9.21 Å². The predicted octanol–water partition coefficient (Wildman–Crippen LogP) is 2.56. The van der Waals surface area contributed by atoms with Crippen molar-refractivity contribution >= 4 is 24.6 Å². The molecular formula is C12H21N2S2. The molecule has 91 valence electrons. The van der Waals surface area contributed by atoms with Crippen molar-refractivity contribution in [2.45, 2.75) is 29.8 Å². The monoisotopic (exact) mass is 257 g/mol. The van der Waals surface area contributed by atoms with Crippen LogP contribution in [0.4, 0.5) is 0 Å². The second-order valence-corrected chi connectivity index (χ2v) is 6.78. The molecule has 0 N–H and O–H groups in total. The molecule has 0 saturated carbocycles. The first kappa shape index (κ1) is 12.8. The third-order valence-electron chi connectivity index (χ3n) is 3.26. The molecule has 2 atom stereocenters. The Morgan fingerprint density at radius 3 is 2.94 bits per heavy atom. The van der Waals surface area contributed by atoms with Crippen molar-refractivity contribution in [2.24, 2.45) is 0 Å². The van der Waals surface area contributed by atoms with E-state index in [0.717, 1.165) is 18.3 Å². The van der Waals surface area contributed by atoms with E-state index < -0.39 is 0 Å². The summed E-state index contributed by atoms with van der Waals surface area (Å²) < 4.78 is 2.50. The molecule has 2 fully saturated rings. The first-order valence-corrected chi connectivity index (χ1v) is 7.49. The van der Waals surface area contributed by atoms with E-state index in [4.69, 9.17) is 12.6 Å². The van der Waals surface area contributed by atoms with E-state index in [0.29, 0.717) is 5.25 Å². The van der Waals surface area contributed by atoms with Crippen molar-refractivity contribution < 1.29 is 0 Å². The van der Waals surface area contributed by atoms with Crippen LogP contribution in [0, 0.1) is 0 Å². The molecule has 2 saturated heterocycles. The SMILES string of the molecule is C=CCN1CCC(SN2CCCC([S])C2)C1. The van der Waals surface area contributed by atoms with Crippen molar-refractivity contribution in [1.29, 1.82) is 0 Å². The molecule has 16 heavy (non-hydrogen) atoms. The normalized spacial score (nSPS) is 33.1. The molecule has 0 spiro atoms. The summed E-state index contributed by atoms with van der Waals surface area (Å²) >= 11 is 7.45. The van der Waals surface area contributed by atoms with E-state index in [1.165, 1.54) is 38.9 Å². The number of likely N-dealkylation sites (tertiary alicyclic amines) is 1. The van der Waals surface area contributed by atoms with Crippen molar-refractivity contribution in [3.05, 3.63) is 12.7 Å². The lowest BCUT2D eigenvalue weighted by molar-refractivity contribution is 0.373. The molecule has 0 bridgehead atoms. The molecule has 2 unspecified atom stereocenters. The van der Waals surface area contributed by atoms with E-state index in [1.54, 1.807) is 0 Å². The Balaban J connectivity index is 1.71. The highest BCUT2D eigenvalue weighted by atomic mass is 32.2. The second kappa shape index (κ2) is 6.34. The van der Waals surface area contributed by atoms with E-state index in [2.05, 4.69) is 27.7 Å². The standard InChI is InChI=1S/C12H21N2S2/c1-2-6-13-8-5-12(10-13)16-14-7-3-4-11(15)9-14/h2,11-12H,1,3-10H2. The van der Waals surface area contributed by atoms with Crippen molar-refractivity contribution in [2.75, 3.05) is 32.7 Å². The largest absolute Gasteiger partial charge is 0.299 e. The molecule has 0 aromatic carbocycles. The van der Waals surface area contributed by atoms with Crippen molar-refractivity contribution in [3.63, 3.8) is 0 Å². The van der Waals surface area contributed by atoms with Gasteiger partial charge in [-0.05, 0) is 25.8 Å². The maximum absolute atomic E-state index is 5.39. The summed E-state index contributed by atoms with van der Waals surface area (Å²) in [5.41, 5.74) is 0. The van der Waals surface area contributed by atoms with Gasteiger partial charge in [0.1, 0.15) is 0 Å². The zero-order valence-corrected chi connectivity index (χ0v) is 11.4. The summed E-state index contributed by atoms with van der Waals surface area (Å²) in [6.07, 6.45) is 5.84. The summed E-state index contributed by atoms with van der Waals surface area (Å²) in [5, 5.41) is 1.26. The first-order chi connectivity index (χ1) is 7.78. The number of piperidine rings is 1. The van der Waals surface area contributed by atoms with Gasteiger partial charge in [-0.1, -0.05) is 30.7 Å². The van der Waals surface area contributed by atoms with Crippen LogP contribution < -0.4 is 0 Å². The Labute approximate surface area is 109 Å². The quantitative estimate of drug-likeness (QED) is 0.564. The Bertz CT molecular complexity index is 235. The summed E-state index contributed by atoms with van der Waals surface area (Å²) in [5.74, 6) is 0. The first-order valence-electron chi connectivity index (χ1n) is 6.18. The smallest absolute Gasteiger partial charge is 0.0334 e. The minimum atomic E-state index is 0.479. The molecule has 2 rings (SSSR count). The molecule has 4 heteroatoms. The van der Waals surface area contributed by atoms with Gasteiger partial charge in [-0.3, -0.25) is 4.90 Å². The molecule has 2 aliphatic rings. The fourth-order valence-corrected chi connectivity index (χ4v) is 4.29. The van der Waals surface area contributed by atoms with E-state index in [9.17, 15) is 0 Å². The van der Waals surface area contributed by atoms with E-state index >= 15 is 0 Å². The lowest BCUT2D eigenvalue weighted by Gasteiger charge is -2.30. The summed E-state index contributed by atoms with van der Waals surface area (Å²) in [6, 6.07) is 0. The topological polar surface area (TPSA) is 6.48 Å². The van der Waals surface area contributed by atoms with Gasteiger partial charge in [-0.25, -0.2) is 4.31 Å². The molecule has 0 amide bonds. The molecular weight excluding hydrogens is 236 g/mol. The van der Waals surface area contributed by atoms with Gasteiger partial charge in [-0.15, -0.1) is 6.58 Å². The van der Waals surface area contributed by atoms with Gasteiger partial charge in [0.2, 0.25) is 0 Å². The Morgan fingerprint density at radius 1 is 1.31 bits per heavy atom. The lowest BCUT2D eigenvalue weighted by Crippen LogP contribution is -2.33. The van der Waals surface area contributed by atoms with Crippen LogP contribution in [0.25, 0.3) is 0 Å². The van der Waals surface area contributed by atoms with Gasteiger partial charge in [0.25, 0.3) is 0 Å². The number of hydrogen-bond donors (Lipinski definition) is 0. The highest BCUT2D eigenvalue weighted by Crippen LogP contribution is 2.29. The van der Waals surface area contributed by atoms with Crippen LogP contribution in [0.2, 0.25) is 0 Å². The zero-order valence-electron chi connectivity index (χ0n) is 9.81. The average molecular weight is 257 g/mol. The molecule has 0 aliphatic carbocycles. The van der Waals surface area contributed by atoms with Gasteiger partial charge >= 0.3 is 0 Å². The minimum absolute atomic E-state index is 0.479. The average Bonchev–Trinajstić information content (AvgIpc) is 2.66. The predicted molar refractivity (Wildman–Crippen MR) is 74.8 cm³/mol. The fourth-order valence-electron chi connectivity index (χ4n) is 2.44. The number of nitrogens with zero attached hydrogens (tertiary/aromatic N) is 2. The summed E-state index contributed by atoms with van der Waals surface area (Å²) in [4.78, 5) is 2.49. The number of hydrogen-bond acceptors (Lipinski definition) is 3. The van der Waals surface area contributed by atoms with Crippen LogP contribution in [0.5, 0.6) is 0 Å². The molecule has 2 heterocycles. The maximum atomic E-state index is 5.39. The fraction of sp³-hybridized carbons (Fsp3) is 0.833. The van der Waals surface area contributed by atoms with E-state index in [1.807, 2.05) is 6.08 Å². The summed E-state index contributed by atoms with van der Waals surface area (Å²) in [7, 11) is 0. The van der Waals surface area contributed by atoms with Gasteiger partial charge in [-0.2, -0.15) is 0 Å². The molecule has 1 radical (unpaired) electrons. The van der Waals surface area contributed by atoms with Gasteiger partial charge in [0.15, 0.2) is 0 Å². The van der Waals surface area contributed by atoms with E-state index in [-0.39, 0.29) is 0 Å². The second-order valence-electron chi connectivity index (χ2n) is 4.72. The number of rotatable bonds is 4. The zero-order chi connectivity index (χ0) is 11.4. The lowest BCUT2D eigenvalue weighted by atomic mass is 10.2. The van der Waals surface area contributed by atoms with Gasteiger partial charge in [0.05, 0.1) is 0 Å². The van der Waals surface area contributed by atoms with Crippen LogP contribution >= 0.6 is 24.6 Å². The molecule has 0 aromatic heterocycles. The van der Waals surface area contributed by atoms with Crippen LogP contribution in [-0.4, -0.2) is 52.4 Å². The van der Waals surface area contributed by atoms with Crippen LogP contribution in [0.15, 0.2) is 12.7 Å². The Morgan fingerprint density at radius 2 is 2.19 bits per heavy atom. The molecule has 0 aromatic rings. The summed E-state index contributed by atoms with van der Waals surface area (Å²) in [6.45, 7) is 9.63. The maximum Gasteiger partial charge on any atom is 0.0334 e. The highest BCUT2D eigenvalue weighted by Gasteiger charge is 2.26. The van der Waals surface area contributed by atoms with Gasteiger partial charge < -0.3 is 0 Å². The molecule has 2 nitrogen and oxygen atoms in total.